The van der Waals surface area contributed by atoms with Gasteiger partial charge in [-0.3, -0.25) is 9.10 Å². The van der Waals surface area contributed by atoms with Crippen molar-refractivity contribution in [1.29, 1.82) is 0 Å². The van der Waals surface area contributed by atoms with Crippen molar-refractivity contribution in [2.45, 2.75) is 11.3 Å². The first-order valence-electron chi connectivity index (χ1n) is 6.63. The average molecular weight is 340 g/mol. The smallest absolute Gasteiger partial charge is 0.264 e. The fourth-order valence-electron chi connectivity index (χ4n) is 1.94. The average Bonchev–Trinajstić information content (AvgIpc) is 2.49. The second-order valence-electron chi connectivity index (χ2n) is 4.72. The van der Waals surface area contributed by atoms with Gasteiger partial charge in [0, 0.05) is 13.0 Å². The van der Waals surface area contributed by atoms with Crippen LogP contribution in [0.3, 0.4) is 0 Å². The first kappa shape index (κ1) is 16.9. The maximum Gasteiger partial charge on any atom is 0.264 e. The molecule has 0 unspecified atom stereocenters. The first-order valence-corrected chi connectivity index (χ1v) is 8.07. The zero-order chi connectivity index (χ0) is 17.0. The molecule has 0 spiro atoms. The predicted octanol–water partition coefficient (Wildman–Crippen LogP) is 2.04. The largest absolute Gasteiger partial charge is 0.370 e. The maximum absolute atomic E-state index is 13.0. The monoisotopic (exact) mass is 340 g/mol. The molecule has 0 aromatic heterocycles. The van der Waals surface area contributed by atoms with Crippen molar-refractivity contribution in [2.24, 2.45) is 5.73 Å². The Bertz CT molecular complexity index is 790. The van der Waals surface area contributed by atoms with E-state index < -0.39 is 27.6 Å². The molecule has 2 aromatic carbocycles. The Morgan fingerprint density at radius 3 is 1.91 bits per heavy atom. The number of anilines is 1. The number of nitrogens with two attached hydrogens (primary N) is 1. The summed E-state index contributed by atoms with van der Waals surface area (Å²) in [5, 5.41) is 0. The molecule has 0 bridgehead atoms. The summed E-state index contributed by atoms with van der Waals surface area (Å²) in [6, 6.07) is 9.03. The van der Waals surface area contributed by atoms with E-state index in [9.17, 15) is 22.0 Å². The van der Waals surface area contributed by atoms with Crippen LogP contribution < -0.4 is 10.0 Å². The van der Waals surface area contributed by atoms with Crippen molar-refractivity contribution < 1.29 is 22.0 Å². The molecular formula is C15H14F2N2O3S. The molecule has 0 heterocycles. The lowest BCUT2D eigenvalue weighted by Gasteiger charge is -2.24. The topological polar surface area (TPSA) is 80.5 Å². The Labute approximate surface area is 132 Å². The van der Waals surface area contributed by atoms with Crippen molar-refractivity contribution in [3.05, 3.63) is 60.2 Å². The number of rotatable bonds is 6. The van der Waals surface area contributed by atoms with Crippen molar-refractivity contribution >= 4 is 21.6 Å². The number of halogens is 2. The van der Waals surface area contributed by atoms with Crippen LogP contribution in [-0.4, -0.2) is 20.9 Å². The third kappa shape index (κ3) is 4.04. The molecule has 0 aliphatic carbocycles. The third-order valence-corrected chi connectivity index (χ3v) is 4.92. The van der Waals surface area contributed by atoms with Crippen LogP contribution in [0.4, 0.5) is 14.5 Å². The van der Waals surface area contributed by atoms with Crippen LogP contribution in [0.2, 0.25) is 0 Å². The predicted molar refractivity (Wildman–Crippen MR) is 81.1 cm³/mol. The summed E-state index contributed by atoms with van der Waals surface area (Å²) >= 11 is 0. The lowest BCUT2D eigenvalue weighted by atomic mass is 10.3. The molecule has 0 aliphatic rings. The summed E-state index contributed by atoms with van der Waals surface area (Å²) in [5.41, 5.74) is 5.25. The molecule has 122 valence electrons. The highest BCUT2D eigenvalue weighted by molar-refractivity contribution is 7.92. The number of hydrogen-bond donors (Lipinski definition) is 1. The molecule has 0 fully saturated rings. The minimum atomic E-state index is -4.04. The van der Waals surface area contributed by atoms with E-state index in [-0.39, 0.29) is 23.5 Å². The van der Waals surface area contributed by atoms with Gasteiger partial charge in [0.2, 0.25) is 5.91 Å². The molecule has 2 N–H and O–H groups in total. The molecule has 0 radical (unpaired) electrons. The van der Waals surface area contributed by atoms with Crippen LogP contribution in [-0.2, 0) is 14.8 Å². The fraction of sp³-hybridized carbons (Fsp3) is 0.133. The van der Waals surface area contributed by atoms with Crippen LogP contribution >= 0.6 is 0 Å². The number of hydrogen-bond acceptors (Lipinski definition) is 3. The Morgan fingerprint density at radius 1 is 0.957 bits per heavy atom. The van der Waals surface area contributed by atoms with E-state index in [4.69, 9.17) is 5.73 Å². The van der Waals surface area contributed by atoms with Crippen LogP contribution in [0.15, 0.2) is 53.4 Å². The van der Waals surface area contributed by atoms with Gasteiger partial charge >= 0.3 is 0 Å². The molecule has 0 saturated heterocycles. The highest BCUT2D eigenvalue weighted by atomic mass is 32.2. The van der Waals surface area contributed by atoms with E-state index in [1.807, 2.05) is 0 Å². The summed E-state index contributed by atoms with van der Waals surface area (Å²) in [6.45, 7) is -0.208. The molecule has 2 aromatic rings. The first-order chi connectivity index (χ1) is 10.8. The fourth-order valence-corrected chi connectivity index (χ4v) is 3.41. The van der Waals surface area contributed by atoms with Crippen molar-refractivity contribution in [2.75, 3.05) is 10.8 Å². The Hall–Kier alpha value is -2.48. The van der Waals surface area contributed by atoms with E-state index in [1.165, 1.54) is 12.1 Å². The number of carbonyl (C=O) groups excluding carboxylic acids is 1. The van der Waals surface area contributed by atoms with Crippen LogP contribution in [0.25, 0.3) is 0 Å². The van der Waals surface area contributed by atoms with Crippen LogP contribution in [0.5, 0.6) is 0 Å². The summed E-state index contributed by atoms with van der Waals surface area (Å²) in [5.74, 6) is -1.77. The molecule has 0 saturated carbocycles. The summed E-state index contributed by atoms with van der Waals surface area (Å²) < 4.78 is 52.4. The van der Waals surface area contributed by atoms with Gasteiger partial charge in [-0.15, -0.1) is 0 Å². The van der Waals surface area contributed by atoms with E-state index in [1.54, 1.807) is 0 Å². The quantitative estimate of drug-likeness (QED) is 0.874. The minimum absolute atomic E-state index is 0.146. The highest BCUT2D eigenvalue weighted by Crippen LogP contribution is 2.24. The zero-order valence-corrected chi connectivity index (χ0v) is 12.8. The zero-order valence-electron chi connectivity index (χ0n) is 11.9. The van der Waals surface area contributed by atoms with Crippen molar-refractivity contribution in [3.8, 4) is 0 Å². The molecule has 2 rings (SSSR count). The van der Waals surface area contributed by atoms with Gasteiger partial charge in [0.25, 0.3) is 10.0 Å². The Balaban J connectivity index is 2.44. The molecule has 8 heteroatoms. The van der Waals surface area contributed by atoms with Crippen molar-refractivity contribution in [3.63, 3.8) is 0 Å². The Morgan fingerprint density at radius 2 is 1.43 bits per heavy atom. The number of primary amides is 1. The number of sulfonamides is 1. The van der Waals surface area contributed by atoms with Crippen molar-refractivity contribution in [1.82, 2.24) is 0 Å². The normalized spacial score (nSPS) is 11.2. The maximum atomic E-state index is 13.0. The van der Waals surface area contributed by atoms with Gasteiger partial charge in [-0.25, -0.2) is 17.2 Å². The number of amides is 1. The van der Waals surface area contributed by atoms with E-state index >= 15 is 0 Å². The van der Waals surface area contributed by atoms with Gasteiger partial charge in [-0.05, 0) is 48.5 Å². The SMILES string of the molecule is NC(=O)CCN(c1ccc(F)cc1)S(=O)(=O)c1ccc(F)cc1. The van der Waals surface area contributed by atoms with Crippen LogP contribution in [0.1, 0.15) is 6.42 Å². The van der Waals surface area contributed by atoms with Gasteiger partial charge < -0.3 is 5.73 Å². The molecule has 0 aliphatic heterocycles. The van der Waals surface area contributed by atoms with Gasteiger partial charge in [0.05, 0.1) is 10.6 Å². The molecular weight excluding hydrogens is 326 g/mol. The second-order valence-corrected chi connectivity index (χ2v) is 6.59. The van der Waals surface area contributed by atoms with Crippen LogP contribution in [0, 0.1) is 11.6 Å². The number of benzene rings is 2. The van der Waals surface area contributed by atoms with E-state index in [2.05, 4.69) is 0 Å². The summed E-state index contributed by atoms with van der Waals surface area (Å²) in [7, 11) is -4.04. The van der Waals surface area contributed by atoms with E-state index in [0.717, 1.165) is 40.7 Å². The third-order valence-electron chi connectivity index (χ3n) is 3.08. The van der Waals surface area contributed by atoms with Gasteiger partial charge in [-0.1, -0.05) is 0 Å². The standard InChI is InChI=1S/C15H14F2N2O3S/c16-11-1-5-13(6-2-11)19(10-9-15(18)20)23(21,22)14-7-3-12(17)4-8-14/h1-8H,9-10H2,(H2,18,20). The molecule has 1 amide bonds. The lowest BCUT2D eigenvalue weighted by molar-refractivity contribution is -0.117. The van der Waals surface area contributed by atoms with E-state index in [0.29, 0.717) is 0 Å². The van der Waals surface area contributed by atoms with Gasteiger partial charge in [-0.2, -0.15) is 0 Å². The number of carbonyl (C=O) groups is 1. The molecule has 5 nitrogen and oxygen atoms in total. The summed E-state index contributed by atoms with van der Waals surface area (Å²) in [6.07, 6.45) is -0.211. The Kier molecular flexibility index (Phi) is 4.95. The minimum Gasteiger partial charge on any atom is -0.370 e. The highest BCUT2D eigenvalue weighted by Gasteiger charge is 2.25. The lowest BCUT2D eigenvalue weighted by Crippen LogP contribution is -2.34. The molecule has 0 atom stereocenters. The number of nitrogens with zero attached hydrogens (tertiary/aromatic N) is 1. The van der Waals surface area contributed by atoms with Gasteiger partial charge in [0.15, 0.2) is 0 Å². The molecule has 23 heavy (non-hydrogen) atoms. The van der Waals surface area contributed by atoms with Gasteiger partial charge in [0.1, 0.15) is 11.6 Å². The second kappa shape index (κ2) is 6.74. The summed E-state index contributed by atoms with van der Waals surface area (Å²) in [4.78, 5) is 10.8.